The normalized spacial score (nSPS) is 10.7. The fourth-order valence-electron chi connectivity index (χ4n) is 2.67. The summed E-state index contributed by atoms with van der Waals surface area (Å²) >= 11 is 0. The number of nitro groups is 1. The summed E-state index contributed by atoms with van der Waals surface area (Å²) in [5.41, 5.74) is 1.13. The Bertz CT molecular complexity index is 1220. The summed E-state index contributed by atoms with van der Waals surface area (Å²) in [6.45, 7) is -0.174. The van der Waals surface area contributed by atoms with Gasteiger partial charge in [-0.15, -0.1) is 0 Å². The average molecular weight is 408 g/mol. The van der Waals surface area contributed by atoms with Crippen LogP contribution in [0.15, 0.2) is 65.4 Å². The van der Waals surface area contributed by atoms with E-state index < -0.39 is 16.6 Å². The van der Waals surface area contributed by atoms with Crippen molar-refractivity contribution in [1.29, 1.82) is 0 Å². The van der Waals surface area contributed by atoms with Crippen molar-refractivity contribution in [1.82, 2.24) is 19.9 Å². The van der Waals surface area contributed by atoms with Crippen LogP contribution in [-0.2, 0) is 11.3 Å². The van der Waals surface area contributed by atoms with Gasteiger partial charge in [-0.05, 0) is 36.4 Å². The summed E-state index contributed by atoms with van der Waals surface area (Å²) in [6.07, 6.45) is 2.24. The molecule has 2 heterocycles. The average Bonchev–Trinajstić information content (AvgIpc) is 3.39. The summed E-state index contributed by atoms with van der Waals surface area (Å²) in [7, 11) is 0. The van der Waals surface area contributed by atoms with Crippen LogP contribution < -0.4 is 5.32 Å². The monoisotopic (exact) mass is 408 g/mol. The molecule has 0 unspecified atom stereocenters. The molecule has 150 valence electrons. The highest BCUT2D eigenvalue weighted by Gasteiger charge is 2.14. The number of benzene rings is 2. The zero-order valence-corrected chi connectivity index (χ0v) is 15.2. The molecular formula is C19H13FN6O4. The van der Waals surface area contributed by atoms with Gasteiger partial charge in [-0.25, -0.2) is 4.39 Å². The van der Waals surface area contributed by atoms with Crippen molar-refractivity contribution in [2.24, 2.45) is 0 Å². The number of carbonyl (C=O) groups excluding carboxylic acids is 1. The van der Waals surface area contributed by atoms with Crippen LogP contribution in [0.1, 0.15) is 0 Å². The number of anilines is 1. The maximum Gasteiger partial charge on any atom is 0.307 e. The number of halogens is 1. The second-order valence-corrected chi connectivity index (χ2v) is 6.18. The molecule has 2 aromatic heterocycles. The molecule has 0 saturated heterocycles. The van der Waals surface area contributed by atoms with Gasteiger partial charge in [0.2, 0.25) is 11.7 Å². The number of carbonyl (C=O) groups is 1. The number of nitrogens with one attached hydrogen (secondary N) is 1. The van der Waals surface area contributed by atoms with Gasteiger partial charge in [-0.3, -0.25) is 19.6 Å². The molecule has 30 heavy (non-hydrogen) atoms. The number of rotatable bonds is 6. The molecule has 0 radical (unpaired) electrons. The third-order valence-corrected chi connectivity index (χ3v) is 4.09. The first-order chi connectivity index (χ1) is 14.5. The van der Waals surface area contributed by atoms with E-state index >= 15 is 0 Å². The van der Waals surface area contributed by atoms with Crippen molar-refractivity contribution < 1.29 is 18.6 Å². The lowest BCUT2D eigenvalue weighted by atomic mass is 10.2. The highest BCUT2D eigenvalue weighted by molar-refractivity contribution is 5.90. The van der Waals surface area contributed by atoms with E-state index in [1.807, 2.05) is 0 Å². The Balaban J connectivity index is 1.42. The predicted molar refractivity (Wildman–Crippen MR) is 103 cm³/mol. The second kappa shape index (κ2) is 7.91. The van der Waals surface area contributed by atoms with Gasteiger partial charge in [-0.2, -0.15) is 10.1 Å². The summed E-state index contributed by atoms with van der Waals surface area (Å²) < 4.78 is 20.2. The highest BCUT2D eigenvalue weighted by atomic mass is 19.1. The molecule has 1 amide bonds. The Hall–Kier alpha value is -4.41. The van der Waals surface area contributed by atoms with Gasteiger partial charge in [0.15, 0.2) is 0 Å². The van der Waals surface area contributed by atoms with E-state index in [1.54, 1.807) is 42.5 Å². The Morgan fingerprint density at radius 2 is 1.97 bits per heavy atom. The van der Waals surface area contributed by atoms with E-state index in [4.69, 9.17) is 4.52 Å². The molecule has 0 atom stereocenters. The zero-order chi connectivity index (χ0) is 21.1. The Kier molecular flexibility index (Phi) is 4.99. The molecule has 0 aliphatic rings. The van der Waals surface area contributed by atoms with Crippen LogP contribution in [0.2, 0.25) is 0 Å². The largest absolute Gasteiger partial charge is 0.334 e. The minimum atomic E-state index is -0.588. The van der Waals surface area contributed by atoms with Crippen LogP contribution in [-0.4, -0.2) is 30.8 Å². The SMILES string of the molecule is O=C(Cn1cc([N+](=O)[O-])cn1)Nc1ccc(-c2noc(-c3ccccc3F)n2)cc1. The summed E-state index contributed by atoms with van der Waals surface area (Å²) in [4.78, 5) is 26.4. The van der Waals surface area contributed by atoms with E-state index in [9.17, 15) is 19.3 Å². The molecule has 0 fully saturated rings. The van der Waals surface area contributed by atoms with Gasteiger partial charge in [0, 0.05) is 11.3 Å². The molecule has 2 aromatic carbocycles. The third-order valence-electron chi connectivity index (χ3n) is 4.09. The van der Waals surface area contributed by atoms with Gasteiger partial charge < -0.3 is 9.84 Å². The van der Waals surface area contributed by atoms with Gasteiger partial charge >= 0.3 is 5.69 Å². The van der Waals surface area contributed by atoms with Gasteiger partial charge in [0.1, 0.15) is 24.8 Å². The highest BCUT2D eigenvalue weighted by Crippen LogP contribution is 2.25. The standard InChI is InChI=1S/C19H13FN6O4/c20-16-4-2-1-3-15(16)19-23-18(24-30-19)12-5-7-13(8-6-12)22-17(27)11-25-10-14(9-21-25)26(28)29/h1-10H,11H2,(H,22,27). The molecule has 0 bridgehead atoms. The Labute approximate surface area is 168 Å². The molecule has 0 aliphatic carbocycles. The summed E-state index contributed by atoms with van der Waals surface area (Å²) in [6, 6.07) is 12.7. The molecular weight excluding hydrogens is 395 g/mol. The van der Waals surface area contributed by atoms with E-state index in [1.165, 1.54) is 16.9 Å². The van der Waals surface area contributed by atoms with E-state index in [0.29, 0.717) is 11.3 Å². The third kappa shape index (κ3) is 4.04. The zero-order valence-electron chi connectivity index (χ0n) is 15.2. The molecule has 0 aliphatic heterocycles. The van der Waals surface area contributed by atoms with E-state index in [-0.39, 0.29) is 29.5 Å². The number of nitrogens with zero attached hydrogens (tertiary/aromatic N) is 5. The Morgan fingerprint density at radius 3 is 2.67 bits per heavy atom. The Morgan fingerprint density at radius 1 is 1.20 bits per heavy atom. The first-order valence-electron chi connectivity index (χ1n) is 8.65. The van der Waals surface area contributed by atoms with Crippen molar-refractivity contribution >= 4 is 17.3 Å². The van der Waals surface area contributed by atoms with Crippen LogP contribution in [0, 0.1) is 15.9 Å². The van der Waals surface area contributed by atoms with Gasteiger partial charge in [0.25, 0.3) is 5.89 Å². The lowest BCUT2D eigenvalue weighted by Gasteiger charge is -2.05. The lowest BCUT2D eigenvalue weighted by molar-refractivity contribution is -0.385. The molecule has 4 aromatic rings. The van der Waals surface area contributed by atoms with E-state index in [2.05, 4.69) is 20.6 Å². The van der Waals surface area contributed by atoms with Crippen LogP contribution in [0.25, 0.3) is 22.8 Å². The molecule has 1 N–H and O–H groups in total. The molecule has 10 nitrogen and oxygen atoms in total. The smallest absolute Gasteiger partial charge is 0.307 e. The molecule has 4 rings (SSSR count). The van der Waals surface area contributed by atoms with E-state index in [0.717, 1.165) is 6.20 Å². The van der Waals surface area contributed by atoms with Crippen molar-refractivity contribution in [2.75, 3.05) is 5.32 Å². The number of hydrogen-bond acceptors (Lipinski definition) is 7. The first-order valence-corrected chi connectivity index (χ1v) is 8.65. The van der Waals surface area contributed by atoms with Gasteiger partial charge in [-0.1, -0.05) is 17.3 Å². The maximum absolute atomic E-state index is 13.9. The molecule has 0 spiro atoms. The number of hydrogen-bond donors (Lipinski definition) is 1. The minimum absolute atomic E-state index is 0.0637. The minimum Gasteiger partial charge on any atom is -0.334 e. The van der Waals surface area contributed by atoms with Crippen molar-refractivity contribution in [3.63, 3.8) is 0 Å². The maximum atomic E-state index is 13.9. The number of amides is 1. The van der Waals surface area contributed by atoms with Crippen molar-refractivity contribution in [3.8, 4) is 22.8 Å². The predicted octanol–water partition coefficient (Wildman–Crippen LogP) is 3.29. The topological polar surface area (TPSA) is 129 Å². The van der Waals surface area contributed by atoms with Crippen LogP contribution in [0.5, 0.6) is 0 Å². The lowest BCUT2D eigenvalue weighted by Crippen LogP contribution is -2.18. The van der Waals surface area contributed by atoms with Crippen LogP contribution in [0.4, 0.5) is 15.8 Å². The summed E-state index contributed by atoms with van der Waals surface area (Å²) in [5, 5.41) is 20.9. The second-order valence-electron chi connectivity index (χ2n) is 6.18. The van der Waals surface area contributed by atoms with Crippen LogP contribution >= 0.6 is 0 Å². The quantitative estimate of drug-likeness (QED) is 0.383. The fraction of sp³-hybridized carbons (Fsp3) is 0.0526. The van der Waals surface area contributed by atoms with Gasteiger partial charge in [0.05, 0.1) is 10.5 Å². The molecule has 0 saturated carbocycles. The fourth-order valence-corrected chi connectivity index (χ4v) is 2.67. The first kappa shape index (κ1) is 18.9. The van der Waals surface area contributed by atoms with Crippen molar-refractivity contribution in [2.45, 2.75) is 6.54 Å². The van der Waals surface area contributed by atoms with Crippen molar-refractivity contribution in [3.05, 3.63) is 76.9 Å². The number of aromatic nitrogens is 4. The molecule has 11 heteroatoms. The summed E-state index contributed by atoms with van der Waals surface area (Å²) in [5.74, 6) is -0.529. The van der Waals surface area contributed by atoms with Crippen LogP contribution in [0.3, 0.4) is 0 Å².